The molecule has 1 heterocycles. The third kappa shape index (κ3) is 7.46. The third-order valence-electron chi connectivity index (χ3n) is 10.6. The molecule has 1 heteroatoms. The van der Waals surface area contributed by atoms with Crippen LogP contribution in [0.4, 0.5) is 0 Å². The molecule has 0 saturated heterocycles. The number of unbranched alkanes of at least 4 members (excludes halogenated alkanes) is 2. The summed E-state index contributed by atoms with van der Waals surface area (Å²) in [5.74, 6) is 0.635. The first-order valence-corrected chi connectivity index (χ1v) is 18.1. The highest BCUT2D eigenvalue weighted by atomic mass is 15.1. The molecular weight excluding hydrogens is 530 g/mol. The van der Waals surface area contributed by atoms with Gasteiger partial charge in [0, 0.05) is 24.0 Å². The Morgan fingerprint density at radius 3 is 1.89 bits per heavy atom. The lowest BCUT2D eigenvalue weighted by molar-refractivity contribution is 0.365. The van der Waals surface area contributed by atoms with Crippen molar-refractivity contribution < 1.29 is 0 Å². The van der Waals surface area contributed by atoms with E-state index in [2.05, 4.69) is 123 Å². The van der Waals surface area contributed by atoms with Crippen LogP contribution in [0.25, 0.3) is 28.0 Å². The van der Waals surface area contributed by atoms with Gasteiger partial charge in [-0.05, 0) is 93.9 Å². The summed E-state index contributed by atoms with van der Waals surface area (Å²) in [5.41, 5.74) is 12.5. The minimum absolute atomic E-state index is 0.212. The fourth-order valence-electron chi connectivity index (χ4n) is 7.71. The number of rotatable bonds is 14. The average molecular weight is 594 g/mol. The van der Waals surface area contributed by atoms with Crippen molar-refractivity contribution in [3.63, 3.8) is 0 Å². The van der Waals surface area contributed by atoms with Crippen molar-refractivity contribution in [1.29, 1.82) is 0 Å². The molecule has 0 amide bonds. The Morgan fingerprint density at radius 1 is 0.705 bits per heavy atom. The van der Waals surface area contributed by atoms with Gasteiger partial charge in [-0.1, -0.05) is 149 Å². The Balaban J connectivity index is 1.91. The maximum Gasteiger partial charge on any atom is 0.0395 e. The highest BCUT2D eigenvalue weighted by Gasteiger charge is 2.27. The molecule has 0 radical (unpaired) electrons. The molecule has 2 aromatic carbocycles. The summed E-state index contributed by atoms with van der Waals surface area (Å²) >= 11 is 0. The molecule has 0 aromatic heterocycles. The molecule has 0 fully saturated rings. The average Bonchev–Trinajstić information content (AvgIpc) is 3.01. The van der Waals surface area contributed by atoms with Crippen molar-refractivity contribution in [1.82, 2.24) is 4.90 Å². The van der Waals surface area contributed by atoms with Crippen LogP contribution >= 0.6 is 0 Å². The molecule has 0 bridgehead atoms. The van der Waals surface area contributed by atoms with E-state index < -0.39 is 0 Å². The van der Waals surface area contributed by atoms with E-state index in [1.54, 1.807) is 16.8 Å². The molecule has 0 unspecified atom stereocenters. The number of hydrogen-bond acceptors (Lipinski definition) is 1. The summed E-state index contributed by atoms with van der Waals surface area (Å²) in [5, 5.41) is 3.05. The predicted molar refractivity (Wildman–Crippen MR) is 196 cm³/mol. The van der Waals surface area contributed by atoms with Gasteiger partial charge in [0.05, 0.1) is 0 Å². The van der Waals surface area contributed by atoms with Gasteiger partial charge >= 0.3 is 0 Å². The Kier molecular flexibility index (Phi) is 11.5. The number of fused-ring (bicyclic) bond motifs is 1. The number of hydrogen-bond donors (Lipinski definition) is 0. The number of nitrogens with zero attached hydrogens (tertiary/aromatic N) is 1. The molecular formula is C43H63N. The fraction of sp³-hybridized carbons (Fsp3) is 0.581. The Morgan fingerprint density at radius 2 is 1.34 bits per heavy atom. The normalized spacial score (nSPS) is 15.9. The zero-order valence-corrected chi connectivity index (χ0v) is 30.1. The Labute approximate surface area is 271 Å². The van der Waals surface area contributed by atoms with Crippen LogP contribution in [0.2, 0.25) is 0 Å². The second kappa shape index (κ2) is 14.7. The second-order valence-corrected chi connectivity index (χ2v) is 15.4. The van der Waals surface area contributed by atoms with Crippen LogP contribution in [-0.2, 0) is 5.41 Å². The zero-order valence-electron chi connectivity index (χ0n) is 30.1. The topological polar surface area (TPSA) is 3.24 Å². The van der Waals surface area contributed by atoms with Crippen molar-refractivity contribution in [2.45, 2.75) is 139 Å². The SMILES string of the molecule is CCCCC(C)(C)C1=CC=C(c2ccc(-c3ccc(C(C)(C)CCCC)cc3)c3c2=C(CC)N(CC(C)C)CC=3CC)CC1. The summed E-state index contributed by atoms with van der Waals surface area (Å²) in [7, 11) is 0. The fourth-order valence-corrected chi connectivity index (χ4v) is 7.71. The summed E-state index contributed by atoms with van der Waals surface area (Å²) in [6.07, 6.45) is 17.1. The van der Waals surface area contributed by atoms with Gasteiger partial charge < -0.3 is 4.90 Å². The minimum Gasteiger partial charge on any atom is -0.370 e. The van der Waals surface area contributed by atoms with E-state index in [0.29, 0.717) is 5.92 Å². The molecule has 240 valence electrons. The molecule has 1 aliphatic carbocycles. The lowest BCUT2D eigenvalue weighted by atomic mass is 9.74. The van der Waals surface area contributed by atoms with Crippen molar-refractivity contribution in [3.8, 4) is 11.1 Å². The van der Waals surface area contributed by atoms with E-state index >= 15 is 0 Å². The monoisotopic (exact) mass is 593 g/mol. The van der Waals surface area contributed by atoms with E-state index in [1.807, 2.05) is 0 Å². The Bertz CT molecular complexity index is 1460. The van der Waals surface area contributed by atoms with Gasteiger partial charge in [-0.2, -0.15) is 0 Å². The molecule has 0 spiro atoms. The second-order valence-electron chi connectivity index (χ2n) is 15.4. The molecule has 1 aliphatic heterocycles. The van der Waals surface area contributed by atoms with E-state index in [-0.39, 0.29) is 10.8 Å². The molecule has 0 saturated carbocycles. The maximum atomic E-state index is 2.72. The summed E-state index contributed by atoms with van der Waals surface area (Å²) in [4.78, 5) is 2.72. The smallest absolute Gasteiger partial charge is 0.0395 e. The van der Waals surface area contributed by atoms with E-state index in [1.165, 1.54) is 83.2 Å². The lowest BCUT2D eigenvalue weighted by Crippen LogP contribution is -2.46. The predicted octanol–water partition coefficient (Wildman–Crippen LogP) is 11.2. The molecule has 0 N–H and O–H groups in total. The summed E-state index contributed by atoms with van der Waals surface area (Å²) in [6, 6.07) is 14.6. The van der Waals surface area contributed by atoms with Gasteiger partial charge in [0.25, 0.3) is 0 Å². The van der Waals surface area contributed by atoms with Gasteiger partial charge in [-0.25, -0.2) is 0 Å². The van der Waals surface area contributed by atoms with Gasteiger partial charge in [0.15, 0.2) is 0 Å². The van der Waals surface area contributed by atoms with Crippen LogP contribution in [0, 0.1) is 11.3 Å². The van der Waals surface area contributed by atoms with E-state index in [4.69, 9.17) is 0 Å². The van der Waals surface area contributed by atoms with Crippen LogP contribution in [0.1, 0.15) is 145 Å². The maximum absolute atomic E-state index is 2.72. The quantitative estimate of drug-likeness (QED) is 0.211. The molecule has 2 aliphatic rings. The molecule has 1 nitrogen and oxygen atoms in total. The van der Waals surface area contributed by atoms with Gasteiger partial charge in [-0.15, -0.1) is 0 Å². The minimum atomic E-state index is 0.212. The summed E-state index contributed by atoms with van der Waals surface area (Å²) < 4.78 is 0. The van der Waals surface area contributed by atoms with Gasteiger partial charge in [0.1, 0.15) is 0 Å². The highest BCUT2D eigenvalue weighted by Crippen LogP contribution is 2.39. The molecule has 4 rings (SSSR count). The van der Waals surface area contributed by atoms with Crippen LogP contribution in [0.5, 0.6) is 0 Å². The zero-order chi connectivity index (χ0) is 32.1. The number of allylic oxidation sites excluding steroid dienone is 4. The van der Waals surface area contributed by atoms with Gasteiger partial charge in [0.2, 0.25) is 0 Å². The first-order chi connectivity index (χ1) is 21.0. The molecule has 0 atom stereocenters. The Hall–Kier alpha value is -2.54. The lowest BCUT2D eigenvalue weighted by Gasteiger charge is -2.35. The van der Waals surface area contributed by atoms with Crippen molar-refractivity contribution >= 4 is 16.8 Å². The standard InChI is InChI=1S/C43H63N/c1-11-15-27-42(7,8)35-21-17-33(18-22-35)37-25-26-38(34-19-23-36(24-20-34)43(9,10)28-16-12-2)41-39(14-4)44(29-31(5)6)30-32(13-3)40(37)41/h17-19,21-23,25-26,31H,11-16,20,24,27-30H2,1-10H3. The van der Waals surface area contributed by atoms with E-state index in [0.717, 1.165) is 32.4 Å². The van der Waals surface area contributed by atoms with Crippen LogP contribution in [0.15, 0.2) is 54.1 Å². The largest absolute Gasteiger partial charge is 0.370 e. The van der Waals surface area contributed by atoms with Crippen molar-refractivity contribution in [2.24, 2.45) is 11.3 Å². The van der Waals surface area contributed by atoms with Crippen molar-refractivity contribution in [2.75, 3.05) is 13.1 Å². The van der Waals surface area contributed by atoms with Crippen LogP contribution in [0.3, 0.4) is 0 Å². The first kappa shape index (κ1) is 34.3. The summed E-state index contributed by atoms with van der Waals surface area (Å²) in [6.45, 7) is 26.0. The van der Waals surface area contributed by atoms with Gasteiger partial charge in [-0.3, -0.25) is 0 Å². The third-order valence-corrected chi connectivity index (χ3v) is 10.6. The van der Waals surface area contributed by atoms with E-state index in [9.17, 15) is 0 Å². The van der Waals surface area contributed by atoms with Crippen LogP contribution in [-0.4, -0.2) is 18.0 Å². The molecule has 44 heavy (non-hydrogen) atoms. The number of benzene rings is 2. The molecule has 2 aromatic rings. The van der Waals surface area contributed by atoms with Crippen LogP contribution < -0.4 is 10.4 Å². The first-order valence-electron chi connectivity index (χ1n) is 18.1. The highest BCUT2D eigenvalue weighted by molar-refractivity contribution is 5.79. The van der Waals surface area contributed by atoms with Crippen molar-refractivity contribution in [3.05, 3.63) is 75.7 Å².